The number of aliphatic hydroxyl groups is 1. The number of H-pyrrole nitrogens is 1. The van der Waals surface area contributed by atoms with Crippen LogP contribution in [-0.2, 0) is 6.42 Å². The molecule has 2 N–H and O–H groups in total. The van der Waals surface area contributed by atoms with Gasteiger partial charge in [-0.25, -0.2) is 4.98 Å². The number of nitrogens with one attached hydrogen (secondary N) is 1. The molecule has 0 radical (unpaired) electrons. The topological polar surface area (TPSA) is 78.9 Å². The Morgan fingerprint density at radius 3 is 2.89 bits per heavy atom. The van der Waals surface area contributed by atoms with Gasteiger partial charge in [0.2, 0.25) is 0 Å². The zero-order chi connectivity index (χ0) is 13.1. The monoisotopic (exact) mass is 309 g/mol. The molecule has 2 heterocycles. The van der Waals surface area contributed by atoms with E-state index in [9.17, 15) is 4.79 Å². The molecule has 0 aromatic carbocycles. The van der Waals surface area contributed by atoms with Crippen molar-refractivity contribution in [3.8, 4) is 11.5 Å². The lowest BCUT2D eigenvalue weighted by atomic mass is 10.2. The van der Waals surface area contributed by atoms with Crippen LogP contribution in [0.1, 0.15) is 11.3 Å². The molecule has 94 valence electrons. The smallest absolute Gasteiger partial charge is 0.254 e. The number of hydrogen-bond donors (Lipinski definition) is 2. The molecule has 0 aliphatic rings. The number of pyridine rings is 1. The number of rotatable bonds is 3. The highest BCUT2D eigenvalue weighted by Crippen LogP contribution is 2.22. The minimum Gasteiger partial charge on any atom is -0.396 e. The minimum absolute atomic E-state index is 0.0712. The fourth-order valence-electron chi connectivity index (χ4n) is 1.69. The Morgan fingerprint density at radius 2 is 2.28 bits per heavy atom. The van der Waals surface area contributed by atoms with Crippen molar-refractivity contribution >= 4 is 15.9 Å². The Kier molecular flexibility index (Phi) is 3.88. The summed E-state index contributed by atoms with van der Waals surface area (Å²) in [6.07, 6.45) is 1.94. The van der Waals surface area contributed by atoms with Crippen LogP contribution < -0.4 is 5.56 Å². The van der Waals surface area contributed by atoms with Gasteiger partial charge in [-0.3, -0.25) is 9.78 Å². The average molecular weight is 310 g/mol. The first kappa shape index (κ1) is 12.9. The SMILES string of the molecule is Cc1nc(-c2ncccc2Br)[nH]c(=O)c1CCO. The van der Waals surface area contributed by atoms with Crippen molar-refractivity contribution in [1.29, 1.82) is 0 Å². The Hall–Kier alpha value is -1.53. The summed E-state index contributed by atoms with van der Waals surface area (Å²) < 4.78 is 0.766. The van der Waals surface area contributed by atoms with Crippen molar-refractivity contribution < 1.29 is 5.11 Å². The lowest BCUT2D eigenvalue weighted by molar-refractivity contribution is 0.298. The Balaban J connectivity index is 2.55. The van der Waals surface area contributed by atoms with E-state index in [1.807, 2.05) is 6.07 Å². The molecule has 0 aliphatic carbocycles. The molecule has 0 aliphatic heterocycles. The second-order valence-corrected chi connectivity index (χ2v) is 4.64. The van der Waals surface area contributed by atoms with Crippen LogP contribution in [0, 0.1) is 6.92 Å². The van der Waals surface area contributed by atoms with Crippen LogP contribution in [0.5, 0.6) is 0 Å². The zero-order valence-electron chi connectivity index (χ0n) is 9.77. The molecular weight excluding hydrogens is 298 g/mol. The van der Waals surface area contributed by atoms with Crippen LogP contribution in [0.25, 0.3) is 11.5 Å². The van der Waals surface area contributed by atoms with Gasteiger partial charge < -0.3 is 10.1 Å². The fraction of sp³-hybridized carbons (Fsp3) is 0.250. The highest BCUT2D eigenvalue weighted by molar-refractivity contribution is 9.10. The van der Waals surface area contributed by atoms with Crippen LogP contribution in [0.4, 0.5) is 0 Å². The molecule has 0 saturated carbocycles. The summed E-state index contributed by atoms with van der Waals surface area (Å²) in [7, 11) is 0. The average Bonchev–Trinajstić information content (AvgIpc) is 2.34. The Bertz CT molecular complexity index is 625. The summed E-state index contributed by atoms with van der Waals surface area (Å²) in [5, 5.41) is 8.90. The van der Waals surface area contributed by atoms with Gasteiger partial charge in [0.1, 0.15) is 5.69 Å². The van der Waals surface area contributed by atoms with Crippen molar-refractivity contribution in [1.82, 2.24) is 15.0 Å². The number of hydrogen-bond acceptors (Lipinski definition) is 4. The maximum absolute atomic E-state index is 11.9. The van der Waals surface area contributed by atoms with E-state index in [1.165, 1.54) is 0 Å². The minimum atomic E-state index is -0.232. The normalized spacial score (nSPS) is 10.6. The maximum atomic E-state index is 11.9. The van der Waals surface area contributed by atoms with Crippen molar-refractivity contribution in [3.05, 3.63) is 44.4 Å². The molecule has 0 amide bonds. The molecule has 0 spiro atoms. The van der Waals surface area contributed by atoms with Gasteiger partial charge in [0, 0.05) is 35.0 Å². The number of halogens is 1. The molecule has 18 heavy (non-hydrogen) atoms. The first-order valence-corrected chi connectivity index (χ1v) is 6.24. The molecule has 5 nitrogen and oxygen atoms in total. The summed E-state index contributed by atoms with van der Waals surface area (Å²) in [4.78, 5) is 23.1. The maximum Gasteiger partial charge on any atom is 0.254 e. The number of aliphatic hydroxyl groups excluding tert-OH is 1. The predicted molar refractivity (Wildman–Crippen MR) is 71.3 cm³/mol. The van der Waals surface area contributed by atoms with E-state index in [1.54, 1.807) is 19.2 Å². The summed E-state index contributed by atoms with van der Waals surface area (Å²) in [5.74, 6) is 0.423. The molecule has 0 unspecified atom stereocenters. The largest absolute Gasteiger partial charge is 0.396 e. The zero-order valence-corrected chi connectivity index (χ0v) is 11.4. The first-order chi connectivity index (χ1) is 8.63. The van der Waals surface area contributed by atoms with Crippen LogP contribution in [0.15, 0.2) is 27.6 Å². The van der Waals surface area contributed by atoms with Gasteiger partial charge >= 0.3 is 0 Å². The van der Waals surface area contributed by atoms with Gasteiger partial charge in [0.05, 0.1) is 0 Å². The third kappa shape index (κ3) is 2.49. The van der Waals surface area contributed by atoms with Crippen molar-refractivity contribution in [2.75, 3.05) is 6.61 Å². The number of aromatic nitrogens is 3. The van der Waals surface area contributed by atoms with Gasteiger partial charge in [0.15, 0.2) is 5.82 Å². The molecule has 0 atom stereocenters. The number of aromatic amines is 1. The van der Waals surface area contributed by atoms with E-state index in [-0.39, 0.29) is 12.2 Å². The van der Waals surface area contributed by atoms with Crippen LogP contribution >= 0.6 is 15.9 Å². The summed E-state index contributed by atoms with van der Waals surface area (Å²) in [6, 6.07) is 3.62. The second-order valence-electron chi connectivity index (χ2n) is 3.79. The number of aryl methyl sites for hydroxylation is 1. The third-order valence-corrected chi connectivity index (χ3v) is 3.21. The van der Waals surface area contributed by atoms with E-state index in [0.717, 1.165) is 4.47 Å². The van der Waals surface area contributed by atoms with Gasteiger partial charge in [-0.05, 0) is 35.0 Å². The molecule has 6 heteroatoms. The van der Waals surface area contributed by atoms with Crippen LogP contribution in [-0.4, -0.2) is 26.7 Å². The van der Waals surface area contributed by atoms with Crippen molar-refractivity contribution in [3.63, 3.8) is 0 Å². The standard InChI is InChI=1S/C12H12BrN3O2/c1-7-8(4-6-17)12(18)16-11(15-7)10-9(13)3-2-5-14-10/h2-3,5,17H,4,6H2,1H3,(H,15,16,18). The van der Waals surface area contributed by atoms with Crippen LogP contribution in [0.2, 0.25) is 0 Å². The number of nitrogens with zero attached hydrogens (tertiary/aromatic N) is 2. The highest BCUT2D eigenvalue weighted by Gasteiger charge is 2.11. The molecule has 0 saturated heterocycles. The van der Waals surface area contributed by atoms with Gasteiger partial charge in [-0.15, -0.1) is 0 Å². The third-order valence-electron chi connectivity index (χ3n) is 2.57. The van der Waals surface area contributed by atoms with E-state index in [0.29, 0.717) is 29.2 Å². The fourth-order valence-corrected chi connectivity index (χ4v) is 2.13. The molecule has 0 bridgehead atoms. The van der Waals surface area contributed by atoms with Crippen molar-refractivity contribution in [2.24, 2.45) is 0 Å². The molecular formula is C12H12BrN3O2. The van der Waals surface area contributed by atoms with E-state index < -0.39 is 0 Å². The predicted octanol–water partition coefficient (Wildman–Crippen LogP) is 1.44. The molecule has 2 rings (SSSR count). The van der Waals surface area contributed by atoms with Gasteiger partial charge in [-0.1, -0.05) is 0 Å². The lowest BCUT2D eigenvalue weighted by Gasteiger charge is -2.06. The summed E-state index contributed by atoms with van der Waals surface area (Å²) in [5.41, 5.74) is 1.48. The molecule has 2 aromatic heterocycles. The van der Waals surface area contributed by atoms with Crippen LogP contribution in [0.3, 0.4) is 0 Å². The van der Waals surface area contributed by atoms with Crippen molar-refractivity contribution in [2.45, 2.75) is 13.3 Å². The summed E-state index contributed by atoms with van der Waals surface area (Å²) >= 11 is 3.37. The van der Waals surface area contributed by atoms with Gasteiger partial charge in [-0.2, -0.15) is 0 Å². The molecule has 2 aromatic rings. The second kappa shape index (κ2) is 5.41. The first-order valence-electron chi connectivity index (χ1n) is 5.45. The van der Waals surface area contributed by atoms with E-state index in [4.69, 9.17) is 5.11 Å². The van der Waals surface area contributed by atoms with E-state index in [2.05, 4.69) is 30.9 Å². The highest BCUT2D eigenvalue weighted by atomic mass is 79.9. The lowest BCUT2D eigenvalue weighted by Crippen LogP contribution is -2.18. The van der Waals surface area contributed by atoms with Gasteiger partial charge in [0.25, 0.3) is 5.56 Å². The Morgan fingerprint density at radius 1 is 1.50 bits per heavy atom. The Labute approximate surface area is 112 Å². The van der Waals surface area contributed by atoms with E-state index >= 15 is 0 Å². The quantitative estimate of drug-likeness (QED) is 0.899. The molecule has 0 fully saturated rings. The summed E-state index contributed by atoms with van der Waals surface area (Å²) in [6.45, 7) is 1.68.